The number of anilines is 1. The van der Waals surface area contributed by atoms with Crippen LogP contribution in [0.25, 0.3) is 22.0 Å². The number of primary amides is 1. The summed E-state index contributed by atoms with van der Waals surface area (Å²) in [6.45, 7) is 5.44. The number of hydrogen-bond donors (Lipinski definition) is 4. The molecule has 2 aliphatic carbocycles. The SMILES string of the molecule is CC1c2c(cc(F)c(Cl)c2-c2c(C(N)=O)ccc(OCCO)c2F)OC1(CNC1CCC(C(=O)N2CCC(C3(CN4CCC(c5c(F)cc6c(N7CCC(=O)NC7=O)nn(C)c6c5F)CC4)CC3)CC2)CC1)c1ccccc1. The molecular weight excluding hydrogens is 1030 g/mol. The highest BCUT2D eigenvalue weighted by molar-refractivity contribution is 6.34. The van der Waals surface area contributed by atoms with Crippen molar-refractivity contribution in [3.63, 3.8) is 0 Å². The van der Waals surface area contributed by atoms with Crippen molar-refractivity contribution in [2.45, 2.75) is 101 Å². The minimum atomic E-state index is -1.13. The van der Waals surface area contributed by atoms with Gasteiger partial charge < -0.3 is 35.4 Å². The number of halogens is 5. The van der Waals surface area contributed by atoms with Crippen molar-refractivity contribution in [1.29, 1.82) is 0 Å². The number of carbonyl (C=O) groups excluding carboxylic acids is 4. The molecule has 5 aromatic rings. The summed E-state index contributed by atoms with van der Waals surface area (Å²) in [5, 5.41) is 19.5. The first-order valence-electron chi connectivity index (χ1n) is 27.4. The molecule has 0 radical (unpaired) electrons. The number of likely N-dealkylation sites (tertiary alicyclic amines) is 2. The third kappa shape index (κ3) is 9.65. The standard InChI is InChI=1S/C58H65ClF4N8O7/c1-32-45-43(29-41(61)49(59)48(45)47-38(53(64)74)12-13-42(50(47)62)77-27-26-72)78-58(32,36-6-4-3-5-7-36)30-65-37-10-8-34(9-11-37)55(75)70-23-16-35(17-24-70)57(19-20-57)31-69-21-14-33(15-22-69)46-40(60)28-39-52(51(46)63)68(2)67-54(39)71-25-18-44(73)66-56(71)76/h3-7,12-13,28-29,32-35,37,65,72H,8-11,14-27,30-31H2,1-2H3,(H2,64,74)(H,66,73,76). The fraction of sp³-hybridized carbons (Fsp3) is 0.500. The number of benzene rings is 4. The summed E-state index contributed by atoms with van der Waals surface area (Å²) >= 11 is 6.73. The van der Waals surface area contributed by atoms with E-state index < -0.39 is 64.3 Å². The zero-order valence-corrected chi connectivity index (χ0v) is 44.6. The van der Waals surface area contributed by atoms with Crippen LogP contribution < -0.4 is 30.7 Å². The topological polar surface area (TPSA) is 185 Å². The molecule has 0 spiro atoms. The van der Waals surface area contributed by atoms with Crippen LogP contribution in [0.1, 0.15) is 116 Å². The van der Waals surface area contributed by atoms with Crippen LogP contribution in [0, 0.1) is 40.5 Å². The average Bonchev–Trinajstić information content (AvgIpc) is 4.29. The van der Waals surface area contributed by atoms with Gasteiger partial charge in [0.1, 0.15) is 29.5 Å². The zero-order valence-electron chi connectivity index (χ0n) is 43.8. The minimum Gasteiger partial charge on any atom is -0.488 e. The number of aromatic nitrogens is 2. The van der Waals surface area contributed by atoms with Crippen molar-refractivity contribution < 1.29 is 51.3 Å². The Labute approximate surface area is 454 Å². The van der Waals surface area contributed by atoms with Gasteiger partial charge in [0.2, 0.25) is 17.7 Å². The van der Waals surface area contributed by atoms with E-state index in [0.29, 0.717) is 37.2 Å². The quantitative estimate of drug-likeness (QED) is 0.0739. The number of piperidine rings is 2. The smallest absolute Gasteiger partial charge is 0.329 e. The van der Waals surface area contributed by atoms with Crippen molar-refractivity contribution in [1.82, 2.24) is 30.2 Å². The lowest BCUT2D eigenvalue weighted by Crippen LogP contribution is -2.49. The van der Waals surface area contributed by atoms with Gasteiger partial charge in [-0.25, -0.2) is 22.4 Å². The molecule has 15 nitrogen and oxygen atoms in total. The Balaban J connectivity index is 0.695. The van der Waals surface area contributed by atoms with Crippen molar-refractivity contribution in [2.24, 2.45) is 30.0 Å². The lowest BCUT2D eigenvalue weighted by atomic mass is 9.77. The second kappa shape index (κ2) is 21.4. The Bertz CT molecular complexity index is 3170. The molecule has 5 N–H and O–H groups in total. The summed E-state index contributed by atoms with van der Waals surface area (Å²) in [5.41, 5.74) is 5.59. The molecule has 3 saturated heterocycles. The number of aliphatic hydroxyl groups excluding tert-OH is 1. The van der Waals surface area contributed by atoms with Gasteiger partial charge in [-0.3, -0.25) is 29.3 Å². The van der Waals surface area contributed by atoms with Gasteiger partial charge in [0.05, 0.1) is 22.6 Å². The third-order valence-corrected chi connectivity index (χ3v) is 18.4. The number of ether oxygens (including phenoxy) is 2. The number of carbonyl (C=O) groups is 4. The second-order valence-electron chi connectivity index (χ2n) is 22.4. The minimum absolute atomic E-state index is 0.0416. The predicted molar refractivity (Wildman–Crippen MR) is 284 cm³/mol. The van der Waals surface area contributed by atoms with Gasteiger partial charge in [0, 0.05) is 92.4 Å². The van der Waals surface area contributed by atoms with Crippen LogP contribution in [0.5, 0.6) is 11.5 Å². The van der Waals surface area contributed by atoms with Gasteiger partial charge in [0.25, 0.3) is 0 Å². The fourth-order valence-corrected chi connectivity index (χ4v) is 13.9. The molecule has 0 bridgehead atoms. The number of aryl methyl sites for hydroxylation is 1. The summed E-state index contributed by atoms with van der Waals surface area (Å²) in [7, 11) is 1.57. The van der Waals surface area contributed by atoms with Crippen LogP contribution in [0.2, 0.25) is 5.02 Å². The fourth-order valence-electron chi connectivity index (χ4n) is 13.7. The van der Waals surface area contributed by atoms with E-state index in [0.717, 1.165) is 76.8 Å². The summed E-state index contributed by atoms with van der Waals surface area (Å²) in [5.74, 6) is -4.82. The molecule has 4 aromatic carbocycles. The molecule has 4 aliphatic heterocycles. The molecule has 2 unspecified atom stereocenters. The van der Waals surface area contributed by atoms with E-state index in [9.17, 15) is 24.3 Å². The van der Waals surface area contributed by atoms with Crippen LogP contribution in [-0.4, -0.2) is 114 Å². The first kappa shape index (κ1) is 53.7. The van der Waals surface area contributed by atoms with Crippen molar-refractivity contribution >= 4 is 52.1 Å². The zero-order chi connectivity index (χ0) is 54.8. The van der Waals surface area contributed by atoms with E-state index in [1.807, 2.05) is 37.3 Å². The van der Waals surface area contributed by atoms with E-state index in [1.54, 1.807) is 7.05 Å². The monoisotopic (exact) mass is 1100 g/mol. The number of imide groups is 1. The van der Waals surface area contributed by atoms with Gasteiger partial charge in [-0.2, -0.15) is 5.10 Å². The molecule has 2 atom stereocenters. The second-order valence-corrected chi connectivity index (χ2v) is 22.8. The summed E-state index contributed by atoms with van der Waals surface area (Å²) in [4.78, 5) is 57.0. The highest BCUT2D eigenvalue weighted by atomic mass is 35.5. The number of amides is 5. The van der Waals surface area contributed by atoms with E-state index in [2.05, 4.69) is 25.5 Å². The molecule has 5 fully saturated rings. The molecule has 2 saturated carbocycles. The number of nitrogens with zero attached hydrogens (tertiary/aromatic N) is 5. The largest absolute Gasteiger partial charge is 0.488 e. The molecule has 5 amide bonds. The van der Waals surface area contributed by atoms with Gasteiger partial charge in [-0.15, -0.1) is 0 Å². The molecule has 78 heavy (non-hydrogen) atoms. The predicted octanol–water partition coefficient (Wildman–Crippen LogP) is 8.80. The molecule has 5 heterocycles. The van der Waals surface area contributed by atoms with E-state index >= 15 is 17.6 Å². The third-order valence-electron chi connectivity index (χ3n) is 18.1. The molecule has 6 aliphatic rings. The van der Waals surface area contributed by atoms with Crippen molar-refractivity contribution in [3.05, 3.63) is 105 Å². The Morgan fingerprint density at radius 3 is 2.28 bits per heavy atom. The number of rotatable bonds is 15. The molecule has 20 heteroatoms. The number of nitrogens with two attached hydrogens (primary N) is 1. The van der Waals surface area contributed by atoms with E-state index in [-0.39, 0.29) is 106 Å². The Morgan fingerprint density at radius 2 is 1.62 bits per heavy atom. The number of nitrogens with one attached hydrogen (secondary N) is 2. The maximum absolute atomic E-state index is 16.5. The maximum Gasteiger partial charge on any atom is 0.329 e. The Hall–Kier alpha value is -6.28. The van der Waals surface area contributed by atoms with Crippen LogP contribution >= 0.6 is 11.6 Å². The van der Waals surface area contributed by atoms with E-state index in [4.69, 9.17) is 26.8 Å². The first-order chi connectivity index (χ1) is 37.5. The van der Waals surface area contributed by atoms with Gasteiger partial charge in [0.15, 0.2) is 28.8 Å². The van der Waals surface area contributed by atoms with Gasteiger partial charge >= 0.3 is 6.03 Å². The lowest BCUT2D eigenvalue weighted by molar-refractivity contribution is -0.138. The van der Waals surface area contributed by atoms with Crippen molar-refractivity contribution in [3.8, 4) is 22.6 Å². The maximum atomic E-state index is 16.5. The van der Waals surface area contributed by atoms with Crippen LogP contribution in [0.4, 0.5) is 28.2 Å². The van der Waals surface area contributed by atoms with Gasteiger partial charge in [-0.05, 0) is 118 Å². The van der Waals surface area contributed by atoms with Crippen molar-refractivity contribution in [2.75, 3.05) is 63.9 Å². The molecule has 11 rings (SSSR count). The normalized spacial score (nSPS) is 23.8. The first-order valence-corrected chi connectivity index (χ1v) is 27.7. The van der Waals surface area contributed by atoms with Crippen LogP contribution in [-0.2, 0) is 22.2 Å². The van der Waals surface area contributed by atoms with Crippen LogP contribution in [0.3, 0.4) is 0 Å². The van der Waals surface area contributed by atoms with Gasteiger partial charge in [-0.1, -0.05) is 48.9 Å². The number of fused-ring (bicyclic) bond motifs is 2. The number of hydrogen-bond acceptors (Lipinski definition) is 10. The molecular formula is C58H65ClF4N8O7. The Kier molecular flexibility index (Phi) is 14.7. The van der Waals surface area contributed by atoms with Crippen LogP contribution in [0.15, 0.2) is 54.6 Å². The number of urea groups is 1. The lowest BCUT2D eigenvalue weighted by Gasteiger charge is -2.42. The highest BCUT2D eigenvalue weighted by Gasteiger charge is 2.52. The Morgan fingerprint density at radius 1 is 0.897 bits per heavy atom. The number of aliphatic hydroxyl groups is 1. The molecule has 414 valence electrons. The summed E-state index contributed by atoms with van der Waals surface area (Å²) in [6.07, 6.45) is 8.35. The molecule has 1 aromatic heterocycles. The summed E-state index contributed by atoms with van der Waals surface area (Å²) in [6, 6.07) is 13.9. The highest BCUT2D eigenvalue weighted by Crippen LogP contribution is 2.58. The average molecular weight is 1100 g/mol. The van der Waals surface area contributed by atoms with E-state index in [1.165, 1.54) is 33.8 Å². The summed E-state index contributed by atoms with van der Waals surface area (Å²) < 4.78 is 78.3.